The van der Waals surface area contributed by atoms with Crippen molar-refractivity contribution in [2.75, 3.05) is 6.54 Å². The fourth-order valence-electron chi connectivity index (χ4n) is 2.72. The summed E-state index contributed by atoms with van der Waals surface area (Å²) in [6, 6.07) is 2.71. The van der Waals surface area contributed by atoms with Crippen molar-refractivity contribution >= 4 is 11.3 Å². The van der Waals surface area contributed by atoms with Crippen molar-refractivity contribution in [3.8, 4) is 0 Å². The van der Waals surface area contributed by atoms with Crippen molar-refractivity contribution in [1.29, 1.82) is 0 Å². The molecular formula is C15H21N3OS. The monoisotopic (exact) mass is 291 g/mol. The zero-order valence-electron chi connectivity index (χ0n) is 12.1. The van der Waals surface area contributed by atoms with Crippen LogP contribution in [-0.4, -0.2) is 22.8 Å². The number of fused-ring (bicyclic) bond motifs is 1. The summed E-state index contributed by atoms with van der Waals surface area (Å²) in [6.45, 7) is 5.16. The smallest absolute Gasteiger partial charge is 0.224 e. The molecule has 0 saturated carbocycles. The Labute approximate surface area is 123 Å². The summed E-state index contributed by atoms with van der Waals surface area (Å²) in [4.78, 5) is 1.49. The van der Waals surface area contributed by atoms with Gasteiger partial charge < -0.3 is 9.73 Å². The number of hydrogen-bond donors (Lipinski definition) is 1. The van der Waals surface area contributed by atoms with E-state index in [1.165, 1.54) is 23.3 Å². The zero-order chi connectivity index (χ0) is 13.9. The lowest BCUT2D eigenvalue weighted by Gasteiger charge is -2.18. The molecule has 0 saturated heterocycles. The lowest BCUT2D eigenvalue weighted by molar-refractivity contribution is 0.409. The normalized spacial score (nSPS) is 18.4. The molecule has 2 heterocycles. The fraction of sp³-hybridized carbons (Fsp3) is 0.600. The van der Waals surface area contributed by atoms with Crippen LogP contribution >= 0.6 is 11.3 Å². The van der Waals surface area contributed by atoms with Crippen molar-refractivity contribution in [2.45, 2.75) is 51.5 Å². The first kappa shape index (κ1) is 13.8. The molecule has 0 bridgehead atoms. The molecule has 1 N–H and O–H groups in total. The van der Waals surface area contributed by atoms with Gasteiger partial charge in [0.25, 0.3) is 0 Å². The van der Waals surface area contributed by atoms with E-state index in [9.17, 15) is 0 Å². The van der Waals surface area contributed by atoms with Gasteiger partial charge in [0, 0.05) is 23.9 Å². The summed E-state index contributed by atoms with van der Waals surface area (Å²) in [7, 11) is 0. The van der Waals surface area contributed by atoms with Crippen LogP contribution in [0.1, 0.15) is 54.8 Å². The molecule has 1 aliphatic rings. The van der Waals surface area contributed by atoms with Gasteiger partial charge in [0.05, 0.1) is 5.92 Å². The molecule has 5 heteroatoms. The van der Waals surface area contributed by atoms with Crippen molar-refractivity contribution in [1.82, 2.24) is 15.5 Å². The molecule has 108 valence electrons. The number of nitrogens with one attached hydrogen (secondary N) is 1. The Bertz CT molecular complexity index is 561. The second-order valence-electron chi connectivity index (χ2n) is 5.64. The zero-order valence-corrected chi connectivity index (χ0v) is 12.9. The van der Waals surface area contributed by atoms with Crippen molar-refractivity contribution in [3.63, 3.8) is 0 Å². The highest BCUT2D eigenvalue weighted by Crippen LogP contribution is 2.38. The van der Waals surface area contributed by atoms with Gasteiger partial charge in [-0.1, -0.05) is 13.8 Å². The largest absolute Gasteiger partial charge is 0.425 e. The van der Waals surface area contributed by atoms with Crippen LogP contribution in [0.25, 0.3) is 0 Å². The number of nitrogens with zero attached hydrogens (tertiary/aromatic N) is 2. The number of aromatic nitrogens is 2. The molecule has 0 amide bonds. The number of thiophene rings is 1. The molecule has 1 unspecified atom stereocenters. The van der Waals surface area contributed by atoms with Gasteiger partial charge in [0.2, 0.25) is 11.8 Å². The first-order valence-corrected chi connectivity index (χ1v) is 8.24. The van der Waals surface area contributed by atoms with E-state index < -0.39 is 0 Å². The fourth-order valence-corrected chi connectivity index (χ4v) is 3.71. The highest BCUT2D eigenvalue weighted by Gasteiger charge is 2.27. The van der Waals surface area contributed by atoms with Crippen LogP contribution < -0.4 is 5.32 Å². The topological polar surface area (TPSA) is 51.0 Å². The molecule has 0 aromatic carbocycles. The molecule has 1 aliphatic carbocycles. The molecule has 0 spiro atoms. The Morgan fingerprint density at radius 3 is 3.20 bits per heavy atom. The van der Waals surface area contributed by atoms with Crippen molar-refractivity contribution < 1.29 is 4.42 Å². The van der Waals surface area contributed by atoms with Crippen LogP contribution in [0.15, 0.2) is 15.9 Å². The predicted molar refractivity (Wildman–Crippen MR) is 80.2 cm³/mol. The van der Waals surface area contributed by atoms with Gasteiger partial charge in [-0.2, -0.15) is 0 Å². The standard InChI is InChI=1S/C15H21N3OS/c1-10(2)16-8-6-14-17-18-15(19-14)12-4-3-5-13-11(12)7-9-20-13/h7,9-10,12,16H,3-6,8H2,1-2H3. The summed E-state index contributed by atoms with van der Waals surface area (Å²) in [5.41, 5.74) is 1.40. The van der Waals surface area contributed by atoms with E-state index in [0.29, 0.717) is 12.0 Å². The van der Waals surface area contributed by atoms with Crippen LogP contribution in [0.4, 0.5) is 0 Å². The van der Waals surface area contributed by atoms with Crippen molar-refractivity contribution in [2.24, 2.45) is 0 Å². The molecule has 2 aromatic heterocycles. The molecule has 1 atom stereocenters. The molecule has 3 rings (SSSR count). The Balaban J connectivity index is 1.69. The minimum Gasteiger partial charge on any atom is -0.425 e. The van der Waals surface area contributed by atoms with E-state index in [2.05, 4.69) is 40.8 Å². The van der Waals surface area contributed by atoms with Gasteiger partial charge in [-0.25, -0.2) is 0 Å². The third-order valence-corrected chi connectivity index (χ3v) is 4.72. The first-order chi connectivity index (χ1) is 9.74. The van der Waals surface area contributed by atoms with Crippen LogP contribution in [0.2, 0.25) is 0 Å². The molecule has 0 radical (unpaired) electrons. The molecule has 0 aliphatic heterocycles. The van der Waals surface area contributed by atoms with E-state index in [-0.39, 0.29) is 0 Å². The summed E-state index contributed by atoms with van der Waals surface area (Å²) in [5, 5.41) is 14.0. The SMILES string of the molecule is CC(C)NCCc1nnc(C2CCCc3sccc32)o1. The van der Waals surface area contributed by atoms with E-state index >= 15 is 0 Å². The highest BCUT2D eigenvalue weighted by molar-refractivity contribution is 7.10. The minimum atomic E-state index is 0.310. The van der Waals surface area contributed by atoms with E-state index in [1.807, 2.05) is 11.3 Å². The predicted octanol–water partition coefficient (Wildman–Crippen LogP) is 3.14. The Morgan fingerprint density at radius 1 is 1.45 bits per heavy atom. The summed E-state index contributed by atoms with van der Waals surface area (Å²) in [5.74, 6) is 1.85. The van der Waals surface area contributed by atoms with Crippen molar-refractivity contribution in [3.05, 3.63) is 33.7 Å². The average Bonchev–Trinajstić information content (AvgIpc) is 3.06. The van der Waals surface area contributed by atoms with Crippen LogP contribution in [0.3, 0.4) is 0 Å². The average molecular weight is 291 g/mol. The maximum absolute atomic E-state index is 5.87. The second kappa shape index (κ2) is 6.06. The first-order valence-electron chi connectivity index (χ1n) is 7.36. The Morgan fingerprint density at radius 2 is 2.35 bits per heavy atom. The molecule has 2 aromatic rings. The lowest BCUT2D eigenvalue weighted by Crippen LogP contribution is -2.25. The highest BCUT2D eigenvalue weighted by atomic mass is 32.1. The second-order valence-corrected chi connectivity index (χ2v) is 6.64. The summed E-state index contributed by atoms with van der Waals surface area (Å²) >= 11 is 1.85. The Kier molecular flexibility index (Phi) is 4.17. The number of hydrogen-bond acceptors (Lipinski definition) is 5. The summed E-state index contributed by atoms with van der Waals surface area (Å²) in [6.07, 6.45) is 4.33. The third kappa shape index (κ3) is 2.94. The molecule has 20 heavy (non-hydrogen) atoms. The third-order valence-electron chi connectivity index (χ3n) is 3.72. The maximum Gasteiger partial charge on any atom is 0.224 e. The number of aryl methyl sites for hydroxylation is 1. The van der Waals surface area contributed by atoms with Crippen LogP contribution in [0, 0.1) is 0 Å². The lowest BCUT2D eigenvalue weighted by atomic mass is 9.88. The van der Waals surface area contributed by atoms with E-state index in [4.69, 9.17) is 4.42 Å². The van der Waals surface area contributed by atoms with Gasteiger partial charge in [0.15, 0.2) is 0 Å². The molecule has 4 nitrogen and oxygen atoms in total. The van der Waals surface area contributed by atoms with Gasteiger partial charge in [-0.15, -0.1) is 21.5 Å². The van der Waals surface area contributed by atoms with Gasteiger partial charge in [0.1, 0.15) is 0 Å². The van der Waals surface area contributed by atoms with E-state index in [0.717, 1.165) is 31.2 Å². The maximum atomic E-state index is 5.87. The number of rotatable bonds is 5. The quantitative estimate of drug-likeness (QED) is 0.919. The Hall–Kier alpha value is -1.20. The molecular weight excluding hydrogens is 270 g/mol. The molecule has 0 fully saturated rings. The van der Waals surface area contributed by atoms with Gasteiger partial charge in [-0.3, -0.25) is 0 Å². The van der Waals surface area contributed by atoms with E-state index in [1.54, 1.807) is 0 Å². The minimum absolute atomic E-state index is 0.310. The van der Waals surface area contributed by atoms with Crippen LogP contribution in [0.5, 0.6) is 0 Å². The van der Waals surface area contributed by atoms with Gasteiger partial charge >= 0.3 is 0 Å². The van der Waals surface area contributed by atoms with Crippen LogP contribution in [-0.2, 0) is 12.8 Å². The summed E-state index contributed by atoms with van der Waals surface area (Å²) < 4.78 is 5.87. The van der Waals surface area contributed by atoms with Gasteiger partial charge in [-0.05, 0) is 36.3 Å².